The minimum Gasteiger partial charge on any atom is -0.507 e. The molecular weight excluding hydrogens is 365 g/mol. The molecular formula is C16H22INO2. The highest BCUT2D eigenvalue weighted by Gasteiger charge is 2.28. The summed E-state index contributed by atoms with van der Waals surface area (Å²) in [5.74, 6) is 1.24. The molecule has 1 aliphatic rings. The van der Waals surface area contributed by atoms with Crippen LogP contribution in [0.3, 0.4) is 0 Å². The number of phenols is 1. The van der Waals surface area contributed by atoms with E-state index in [1.54, 1.807) is 18.2 Å². The van der Waals surface area contributed by atoms with Gasteiger partial charge in [0.05, 0.1) is 3.57 Å². The van der Waals surface area contributed by atoms with Crippen LogP contribution >= 0.6 is 22.6 Å². The van der Waals surface area contributed by atoms with Crippen LogP contribution in [0.1, 0.15) is 49.9 Å². The highest BCUT2D eigenvalue weighted by Crippen LogP contribution is 2.30. The Balaban J connectivity index is 2.07. The van der Waals surface area contributed by atoms with Crippen LogP contribution in [0, 0.1) is 15.4 Å². The number of phenolic OH excluding ortho intramolecular Hbond substituents is 1. The molecule has 1 aromatic rings. The van der Waals surface area contributed by atoms with Crippen LogP contribution in [-0.2, 0) is 0 Å². The predicted octanol–water partition coefficient (Wildman–Crippen LogP) is 3.94. The summed E-state index contributed by atoms with van der Waals surface area (Å²) < 4.78 is 0.761. The summed E-state index contributed by atoms with van der Waals surface area (Å²) in [6.07, 6.45) is 4.71. The third-order valence-corrected chi connectivity index (χ3v) is 5.11. The number of carbonyl (C=O) groups is 1. The summed E-state index contributed by atoms with van der Waals surface area (Å²) in [4.78, 5) is 12.3. The first kappa shape index (κ1) is 15.6. The number of halogens is 1. The lowest BCUT2D eigenvalue weighted by molar-refractivity contribution is 0.0888. The summed E-state index contributed by atoms with van der Waals surface area (Å²) >= 11 is 2.05. The fraction of sp³-hybridized carbons (Fsp3) is 0.562. The molecule has 1 aliphatic carbocycles. The van der Waals surface area contributed by atoms with Crippen molar-refractivity contribution in [3.63, 3.8) is 0 Å². The maximum atomic E-state index is 12.3. The Morgan fingerprint density at radius 1 is 1.35 bits per heavy atom. The molecule has 0 aliphatic heterocycles. The van der Waals surface area contributed by atoms with E-state index in [0.717, 1.165) is 9.99 Å². The second-order valence-corrected chi connectivity index (χ2v) is 7.10. The molecule has 2 rings (SSSR count). The summed E-state index contributed by atoms with van der Waals surface area (Å²) in [5, 5.41) is 12.9. The van der Waals surface area contributed by atoms with Gasteiger partial charge in [-0.15, -0.1) is 0 Å². The number of nitrogens with one attached hydrogen (secondary N) is 1. The van der Waals surface area contributed by atoms with Gasteiger partial charge in [0.15, 0.2) is 0 Å². The third-order valence-electron chi connectivity index (χ3n) is 4.20. The zero-order chi connectivity index (χ0) is 14.7. The molecule has 0 aromatic heterocycles. The van der Waals surface area contributed by atoms with E-state index in [4.69, 9.17) is 0 Å². The Hall–Kier alpha value is -0.780. The number of benzene rings is 1. The van der Waals surface area contributed by atoms with Gasteiger partial charge in [-0.1, -0.05) is 26.7 Å². The zero-order valence-electron chi connectivity index (χ0n) is 12.0. The second-order valence-electron chi connectivity index (χ2n) is 5.94. The minimum atomic E-state index is -0.0748. The molecule has 1 amide bonds. The Morgan fingerprint density at radius 2 is 2.05 bits per heavy atom. The molecule has 0 heterocycles. The van der Waals surface area contributed by atoms with Crippen molar-refractivity contribution >= 4 is 28.5 Å². The van der Waals surface area contributed by atoms with Gasteiger partial charge in [0.1, 0.15) is 5.75 Å². The van der Waals surface area contributed by atoms with Gasteiger partial charge in [-0.25, -0.2) is 0 Å². The molecule has 1 aromatic carbocycles. The van der Waals surface area contributed by atoms with Crippen molar-refractivity contribution in [3.8, 4) is 5.75 Å². The molecule has 0 spiro atoms. The van der Waals surface area contributed by atoms with E-state index < -0.39 is 0 Å². The van der Waals surface area contributed by atoms with E-state index in [2.05, 4.69) is 19.2 Å². The lowest BCUT2D eigenvalue weighted by atomic mass is 9.78. The normalized spacial score (nSPS) is 22.8. The zero-order valence-corrected chi connectivity index (χ0v) is 14.2. The van der Waals surface area contributed by atoms with Crippen LogP contribution in [0.25, 0.3) is 0 Å². The predicted molar refractivity (Wildman–Crippen MR) is 88.9 cm³/mol. The molecule has 1 fully saturated rings. The van der Waals surface area contributed by atoms with Crippen molar-refractivity contribution in [1.29, 1.82) is 0 Å². The smallest absolute Gasteiger partial charge is 0.251 e. The van der Waals surface area contributed by atoms with Gasteiger partial charge in [-0.3, -0.25) is 4.79 Å². The van der Waals surface area contributed by atoms with Crippen LogP contribution in [0.15, 0.2) is 18.2 Å². The average Bonchev–Trinajstić information content (AvgIpc) is 2.42. The standard InChI is InChI=1S/C16H22INO2/c1-10(2)12-5-3-4-6-14(12)18-16(20)11-7-8-13(17)15(19)9-11/h7-10,12,14,19H,3-6H2,1-2H3,(H,18,20). The molecule has 20 heavy (non-hydrogen) atoms. The quantitative estimate of drug-likeness (QED) is 0.772. The fourth-order valence-electron chi connectivity index (χ4n) is 3.04. The monoisotopic (exact) mass is 387 g/mol. The van der Waals surface area contributed by atoms with Gasteiger partial charge < -0.3 is 10.4 Å². The first-order chi connectivity index (χ1) is 9.49. The fourth-order valence-corrected chi connectivity index (χ4v) is 3.38. The molecule has 1 saturated carbocycles. The summed E-state index contributed by atoms with van der Waals surface area (Å²) in [7, 11) is 0. The number of amides is 1. The first-order valence-corrected chi connectivity index (χ1v) is 8.36. The number of aromatic hydroxyl groups is 1. The molecule has 2 atom stereocenters. The largest absolute Gasteiger partial charge is 0.507 e. The number of rotatable bonds is 3. The highest BCUT2D eigenvalue weighted by atomic mass is 127. The lowest BCUT2D eigenvalue weighted by Crippen LogP contribution is -2.43. The molecule has 2 unspecified atom stereocenters. The Kier molecular flexibility index (Phi) is 5.29. The molecule has 4 heteroatoms. The van der Waals surface area contributed by atoms with E-state index in [-0.39, 0.29) is 17.7 Å². The van der Waals surface area contributed by atoms with E-state index in [0.29, 0.717) is 17.4 Å². The maximum absolute atomic E-state index is 12.3. The summed E-state index contributed by atoms with van der Waals surface area (Å²) in [6, 6.07) is 5.35. The van der Waals surface area contributed by atoms with E-state index in [1.165, 1.54) is 19.3 Å². The minimum absolute atomic E-state index is 0.0748. The molecule has 110 valence electrons. The summed E-state index contributed by atoms with van der Waals surface area (Å²) in [6.45, 7) is 4.46. The second kappa shape index (κ2) is 6.78. The highest BCUT2D eigenvalue weighted by molar-refractivity contribution is 14.1. The van der Waals surface area contributed by atoms with Gasteiger partial charge in [0.25, 0.3) is 5.91 Å². The van der Waals surface area contributed by atoms with Crippen molar-refractivity contribution in [1.82, 2.24) is 5.32 Å². The average molecular weight is 387 g/mol. The molecule has 0 radical (unpaired) electrons. The Labute approximate surface area is 134 Å². The van der Waals surface area contributed by atoms with Crippen molar-refractivity contribution < 1.29 is 9.90 Å². The molecule has 3 nitrogen and oxygen atoms in total. The first-order valence-electron chi connectivity index (χ1n) is 7.28. The van der Waals surface area contributed by atoms with Crippen LogP contribution in [-0.4, -0.2) is 17.1 Å². The van der Waals surface area contributed by atoms with Crippen LogP contribution in [0.5, 0.6) is 5.75 Å². The van der Waals surface area contributed by atoms with Gasteiger partial charge in [0, 0.05) is 11.6 Å². The molecule has 0 saturated heterocycles. The van der Waals surface area contributed by atoms with Crippen LogP contribution < -0.4 is 5.32 Å². The Bertz CT molecular complexity index is 487. The SMILES string of the molecule is CC(C)C1CCCCC1NC(=O)c1ccc(I)c(O)c1. The van der Waals surface area contributed by atoms with Crippen molar-refractivity contribution in [2.24, 2.45) is 11.8 Å². The maximum Gasteiger partial charge on any atom is 0.251 e. The van der Waals surface area contributed by atoms with Gasteiger partial charge >= 0.3 is 0 Å². The van der Waals surface area contributed by atoms with E-state index in [1.807, 2.05) is 22.6 Å². The number of carbonyl (C=O) groups excluding carboxylic acids is 1. The van der Waals surface area contributed by atoms with Crippen LogP contribution in [0.4, 0.5) is 0 Å². The van der Waals surface area contributed by atoms with E-state index >= 15 is 0 Å². The van der Waals surface area contributed by atoms with Crippen LogP contribution in [0.2, 0.25) is 0 Å². The molecule has 0 bridgehead atoms. The topological polar surface area (TPSA) is 49.3 Å². The number of hydrogen-bond donors (Lipinski definition) is 2. The Morgan fingerprint density at radius 3 is 2.70 bits per heavy atom. The van der Waals surface area contributed by atoms with Crippen molar-refractivity contribution in [2.45, 2.75) is 45.6 Å². The van der Waals surface area contributed by atoms with Crippen molar-refractivity contribution in [2.75, 3.05) is 0 Å². The molecule has 2 N–H and O–H groups in total. The van der Waals surface area contributed by atoms with Gasteiger partial charge in [-0.2, -0.15) is 0 Å². The number of hydrogen-bond acceptors (Lipinski definition) is 2. The van der Waals surface area contributed by atoms with E-state index in [9.17, 15) is 9.90 Å². The lowest BCUT2D eigenvalue weighted by Gasteiger charge is -2.34. The third kappa shape index (κ3) is 3.65. The summed E-state index contributed by atoms with van der Waals surface area (Å²) in [5.41, 5.74) is 0.538. The van der Waals surface area contributed by atoms with Gasteiger partial charge in [-0.05, 0) is 65.5 Å². The van der Waals surface area contributed by atoms with Crippen molar-refractivity contribution in [3.05, 3.63) is 27.3 Å². The van der Waals surface area contributed by atoms with Gasteiger partial charge in [0.2, 0.25) is 0 Å².